The molecule has 0 radical (unpaired) electrons. The summed E-state index contributed by atoms with van der Waals surface area (Å²) < 4.78 is 6.47. The molecule has 0 aliphatic carbocycles. The highest BCUT2D eigenvalue weighted by Gasteiger charge is 2.31. The lowest BCUT2D eigenvalue weighted by Crippen LogP contribution is -2.43. The number of nitrogens with zero attached hydrogens (tertiary/aromatic N) is 3. The van der Waals surface area contributed by atoms with Crippen LogP contribution in [-0.4, -0.2) is 46.5 Å². The zero-order valence-corrected chi connectivity index (χ0v) is 22.7. The van der Waals surface area contributed by atoms with E-state index in [2.05, 4.69) is 39.2 Å². The molecule has 2 unspecified atom stereocenters. The van der Waals surface area contributed by atoms with E-state index in [1.165, 1.54) is 12.4 Å². The Labute approximate surface area is 228 Å². The van der Waals surface area contributed by atoms with E-state index in [0.717, 1.165) is 49.3 Å². The minimum Gasteiger partial charge on any atom is -0.469 e. The van der Waals surface area contributed by atoms with Crippen molar-refractivity contribution >= 4 is 34.8 Å². The lowest BCUT2D eigenvalue weighted by atomic mass is 9.86. The molecule has 2 atom stereocenters. The number of hydrogen-bond donors (Lipinski definition) is 2. The molecule has 37 heavy (non-hydrogen) atoms. The maximum Gasteiger partial charge on any atom is 0.254 e. The standard InChI is InChI=1S/C28H33Cl2N5O2/c1-18-4-3-5-25(34-18)37-27(20-6-8-22(31)9-7-20)21-11-14-35(15-12-21)19(2)10-13-33-28(36)26-23(29)16-32-17-24(26)30/h3-9,16-17,19,21,27H,10-15,31H2,1-2H3,(H,33,36). The van der Waals surface area contributed by atoms with Gasteiger partial charge in [0.2, 0.25) is 5.88 Å². The molecule has 3 N–H and O–H groups in total. The van der Waals surface area contributed by atoms with Gasteiger partial charge in [0.05, 0.1) is 15.6 Å². The third-order valence-corrected chi connectivity index (χ3v) is 7.50. The Morgan fingerprint density at radius 3 is 2.46 bits per heavy atom. The summed E-state index contributed by atoms with van der Waals surface area (Å²) in [5.41, 5.74) is 8.98. The molecule has 2 aromatic heterocycles. The second kappa shape index (κ2) is 12.6. The number of piperidine rings is 1. The number of benzene rings is 1. The van der Waals surface area contributed by atoms with E-state index in [9.17, 15) is 4.79 Å². The van der Waals surface area contributed by atoms with Crippen LogP contribution in [-0.2, 0) is 0 Å². The molecule has 1 amide bonds. The van der Waals surface area contributed by atoms with Gasteiger partial charge in [-0.1, -0.05) is 41.4 Å². The van der Waals surface area contributed by atoms with Crippen LogP contribution in [0.1, 0.15) is 53.9 Å². The number of aryl methyl sites for hydroxylation is 1. The number of likely N-dealkylation sites (tertiary alicyclic amines) is 1. The molecule has 0 spiro atoms. The fourth-order valence-corrected chi connectivity index (χ4v) is 5.33. The van der Waals surface area contributed by atoms with E-state index in [1.54, 1.807) is 0 Å². The molecule has 1 saturated heterocycles. The van der Waals surface area contributed by atoms with Crippen molar-refractivity contribution in [3.63, 3.8) is 0 Å². The Hall–Kier alpha value is -2.87. The highest BCUT2D eigenvalue weighted by atomic mass is 35.5. The van der Waals surface area contributed by atoms with Crippen LogP contribution >= 0.6 is 23.2 Å². The minimum absolute atomic E-state index is 0.0958. The average Bonchev–Trinajstić information content (AvgIpc) is 2.88. The van der Waals surface area contributed by atoms with Gasteiger partial charge >= 0.3 is 0 Å². The van der Waals surface area contributed by atoms with E-state index >= 15 is 0 Å². The van der Waals surface area contributed by atoms with Gasteiger partial charge < -0.3 is 20.7 Å². The van der Waals surface area contributed by atoms with Gasteiger partial charge in [0.15, 0.2) is 0 Å². The van der Waals surface area contributed by atoms with Crippen molar-refractivity contribution in [1.82, 2.24) is 20.2 Å². The summed E-state index contributed by atoms with van der Waals surface area (Å²) in [5.74, 6) is 0.712. The van der Waals surface area contributed by atoms with E-state index < -0.39 is 0 Å². The number of halogens is 2. The predicted octanol–water partition coefficient (Wildman–Crippen LogP) is 5.71. The number of pyridine rings is 2. The second-order valence-electron chi connectivity index (χ2n) is 9.57. The maximum atomic E-state index is 12.5. The van der Waals surface area contributed by atoms with Crippen molar-refractivity contribution in [2.45, 2.75) is 45.3 Å². The van der Waals surface area contributed by atoms with Crippen molar-refractivity contribution in [1.29, 1.82) is 0 Å². The van der Waals surface area contributed by atoms with Gasteiger partial charge in [0.25, 0.3) is 5.91 Å². The molecule has 0 bridgehead atoms. The third-order valence-electron chi connectivity index (χ3n) is 6.93. The molecule has 9 heteroatoms. The SMILES string of the molecule is Cc1cccc(OC(c2ccc(N)cc2)C2CCN(C(C)CCNC(=O)c3c(Cl)cncc3Cl)CC2)n1. The van der Waals surface area contributed by atoms with Gasteiger partial charge in [0.1, 0.15) is 6.10 Å². The normalized spacial score (nSPS) is 16.2. The van der Waals surface area contributed by atoms with Crippen LogP contribution in [0.25, 0.3) is 0 Å². The van der Waals surface area contributed by atoms with Gasteiger partial charge in [0, 0.05) is 48.3 Å². The molecule has 3 aromatic rings. The zero-order valence-electron chi connectivity index (χ0n) is 21.2. The number of aromatic nitrogens is 2. The van der Waals surface area contributed by atoms with Crippen molar-refractivity contribution < 1.29 is 9.53 Å². The quantitative estimate of drug-likeness (QED) is 0.336. The summed E-state index contributed by atoms with van der Waals surface area (Å²) in [7, 11) is 0. The number of carbonyl (C=O) groups is 1. The molecule has 1 aliphatic rings. The Morgan fingerprint density at radius 1 is 1.14 bits per heavy atom. The second-order valence-corrected chi connectivity index (χ2v) is 10.4. The first-order valence-corrected chi connectivity index (χ1v) is 13.3. The lowest BCUT2D eigenvalue weighted by Gasteiger charge is -2.39. The summed E-state index contributed by atoms with van der Waals surface area (Å²) in [4.78, 5) is 23.5. The topological polar surface area (TPSA) is 93.4 Å². The van der Waals surface area contributed by atoms with Crippen molar-refractivity contribution in [3.05, 3.63) is 81.7 Å². The number of carbonyl (C=O) groups excluding carboxylic acids is 1. The Morgan fingerprint density at radius 2 is 1.81 bits per heavy atom. The smallest absolute Gasteiger partial charge is 0.254 e. The average molecular weight is 543 g/mol. The molecule has 1 fully saturated rings. The molecule has 0 saturated carbocycles. The monoisotopic (exact) mass is 541 g/mol. The van der Waals surface area contributed by atoms with E-state index in [1.807, 2.05) is 37.3 Å². The fraction of sp³-hybridized carbons (Fsp3) is 0.393. The molecule has 1 aliphatic heterocycles. The Kier molecular flexibility index (Phi) is 9.24. The molecule has 196 valence electrons. The van der Waals surface area contributed by atoms with Crippen molar-refractivity contribution in [2.75, 3.05) is 25.4 Å². The number of nitrogens with two attached hydrogens (primary N) is 1. The van der Waals surface area contributed by atoms with Crippen LogP contribution < -0.4 is 15.8 Å². The molecule has 7 nitrogen and oxygen atoms in total. The van der Waals surface area contributed by atoms with Gasteiger partial charge in [-0.05, 0) is 70.0 Å². The van der Waals surface area contributed by atoms with E-state index in [0.29, 0.717) is 24.4 Å². The van der Waals surface area contributed by atoms with E-state index in [4.69, 9.17) is 33.7 Å². The fourth-order valence-electron chi connectivity index (χ4n) is 4.79. The first-order valence-electron chi connectivity index (χ1n) is 12.6. The number of amides is 1. The number of rotatable bonds is 9. The van der Waals surface area contributed by atoms with Crippen LogP contribution in [0.2, 0.25) is 10.0 Å². The predicted molar refractivity (Wildman–Crippen MR) is 148 cm³/mol. The highest BCUT2D eigenvalue weighted by Crippen LogP contribution is 2.35. The van der Waals surface area contributed by atoms with Crippen molar-refractivity contribution in [2.24, 2.45) is 5.92 Å². The molecule has 4 rings (SSSR count). The summed E-state index contributed by atoms with van der Waals surface area (Å²) in [6.07, 6.45) is 5.57. The van der Waals surface area contributed by atoms with Gasteiger partial charge in [-0.3, -0.25) is 9.78 Å². The molecule has 3 heterocycles. The number of ether oxygens (including phenoxy) is 1. The first kappa shape index (κ1) is 27.2. The minimum atomic E-state index is -0.281. The third kappa shape index (κ3) is 7.12. The first-order chi connectivity index (χ1) is 17.8. The summed E-state index contributed by atoms with van der Waals surface area (Å²) in [6, 6.07) is 14.1. The van der Waals surface area contributed by atoms with Crippen molar-refractivity contribution in [3.8, 4) is 5.88 Å². The van der Waals surface area contributed by atoms with Gasteiger partial charge in [-0.25, -0.2) is 4.98 Å². The molecule has 1 aromatic carbocycles. The number of nitrogen functional groups attached to an aromatic ring is 1. The number of nitrogens with one attached hydrogen (secondary N) is 1. The number of hydrogen-bond acceptors (Lipinski definition) is 6. The van der Waals surface area contributed by atoms with Crippen LogP contribution in [0.15, 0.2) is 54.9 Å². The number of anilines is 1. The summed E-state index contributed by atoms with van der Waals surface area (Å²) in [5, 5.41) is 3.43. The van der Waals surface area contributed by atoms with Crippen LogP contribution in [0, 0.1) is 12.8 Å². The summed E-state index contributed by atoms with van der Waals surface area (Å²) >= 11 is 12.2. The summed E-state index contributed by atoms with van der Waals surface area (Å²) in [6.45, 7) is 6.61. The van der Waals surface area contributed by atoms with Crippen LogP contribution in [0.4, 0.5) is 5.69 Å². The highest BCUT2D eigenvalue weighted by molar-refractivity contribution is 6.39. The zero-order chi connectivity index (χ0) is 26.4. The molecular weight excluding hydrogens is 509 g/mol. The maximum absolute atomic E-state index is 12.5. The van der Waals surface area contributed by atoms with Gasteiger partial charge in [-0.15, -0.1) is 0 Å². The van der Waals surface area contributed by atoms with Gasteiger partial charge in [-0.2, -0.15) is 0 Å². The van der Waals surface area contributed by atoms with Crippen LogP contribution in [0.3, 0.4) is 0 Å². The Bertz CT molecular complexity index is 1180. The van der Waals surface area contributed by atoms with E-state index in [-0.39, 0.29) is 27.6 Å². The molecular formula is C28H33Cl2N5O2. The largest absolute Gasteiger partial charge is 0.469 e. The lowest BCUT2D eigenvalue weighted by molar-refractivity contribution is 0.0579. The Balaban J connectivity index is 1.33. The van der Waals surface area contributed by atoms with Crippen LogP contribution in [0.5, 0.6) is 5.88 Å².